The van der Waals surface area contributed by atoms with Gasteiger partial charge in [-0.25, -0.2) is 14.4 Å². The topological polar surface area (TPSA) is 44.7 Å². The summed E-state index contributed by atoms with van der Waals surface area (Å²) in [6.07, 6.45) is 7.71. The van der Waals surface area contributed by atoms with E-state index in [4.69, 9.17) is 4.99 Å². The highest BCUT2D eigenvalue weighted by Crippen LogP contribution is 2.58. The van der Waals surface area contributed by atoms with Crippen LogP contribution in [0.5, 0.6) is 0 Å². The molecule has 0 radical (unpaired) electrons. The number of hydrogen-bond acceptors (Lipinski definition) is 4. The lowest BCUT2D eigenvalue weighted by Gasteiger charge is -2.23. The molecule has 2 fully saturated rings. The van der Waals surface area contributed by atoms with Crippen LogP contribution in [0.2, 0.25) is 0 Å². The number of benzene rings is 2. The van der Waals surface area contributed by atoms with Gasteiger partial charge in [-0.05, 0) is 61.6 Å². The molecule has 0 spiro atoms. The second-order valence-electron chi connectivity index (χ2n) is 9.21. The van der Waals surface area contributed by atoms with Gasteiger partial charge in [0.2, 0.25) is 0 Å². The van der Waals surface area contributed by atoms with Crippen LogP contribution in [0.4, 0.5) is 4.39 Å². The van der Waals surface area contributed by atoms with Gasteiger partial charge in [-0.3, -0.25) is 10.2 Å². The summed E-state index contributed by atoms with van der Waals surface area (Å²) >= 11 is 1.77. The molecule has 2 heterocycles. The minimum Gasteiger partial charge on any atom is -0.285 e. The second-order valence-corrected chi connectivity index (χ2v) is 10.3. The number of nitrogens with zero attached hydrogens (tertiary/aromatic N) is 2. The summed E-state index contributed by atoms with van der Waals surface area (Å²) in [5.41, 5.74) is 7.63. The molecule has 4 nitrogen and oxygen atoms in total. The highest BCUT2D eigenvalue weighted by atomic mass is 32.2. The molecule has 1 amide bonds. The quantitative estimate of drug-likeness (QED) is 0.637. The van der Waals surface area contributed by atoms with E-state index in [0.29, 0.717) is 5.92 Å². The van der Waals surface area contributed by atoms with Crippen molar-refractivity contribution in [2.45, 2.75) is 37.0 Å². The third-order valence-corrected chi connectivity index (χ3v) is 8.22. The maximum absolute atomic E-state index is 13.6. The summed E-state index contributed by atoms with van der Waals surface area (Å²) in [7, 11) is 0. The molecule has 1 saturated heterocycles. The average molecular weight is 462 g/mol. The van der Waals surface area contributed by atoms with Gasteiger partial charge >= 0.3 is 0 Å². The van der Waals surface area contributed by atoms with Crippen LogP contribution in [0, 0.1) is 17.7 Å². The summed E-state index contributed by atoms with van der Waals surface area (Å²) in [5, 5.41) is 2.09. The van der Waals surface area contributed by atoms with Gasteiger partial charge in [0.15, 0.2) is 0 Å². The second kappa shape index (κ2) is 8.58. The number of rotatable bonds is 3. The molecule has 0 bridgehead atoms. The molecule has 2 aromatic rings. The van der Waals surface area contributed by atoms with E-state index in [0.717, 1.165) is 65.4 Å². The highest BCUT2D eigenvalue weighted by Gasteiger charge is 2.49. The zero-order valence-electron chi connectivity index (χ0n) is 18.4. The van der Waals surface area contributed by atoms with Crippen molar-refractivity contribution in [1.29, 1.82) is 0 Å². The molecule has 4 aliphatic rings. The molecular formula is C27H28FN3OS. The van der Waals surface area contributed by atoms with Crippen LogP contribution < -0.4 is 5.43 Å². The smallest absolute Gasteiger partial charge is 0.261 e. The fourth-order valence-electron chi connectivity index (χ4n) is 5.06. The van der Waals surface area contributed by atoms with Gasteiger partial charge in [0, 0.05) is 46.9 Å². The number of amides is 1. The van der Waals surface area contributed by atoms with E-state index < -0.39 is 0 Å². The Bertz CT molecular complexity index is 1200. The van der Waals surface area contributed by atoms with Crippen LogP contribution in [0.1, 0.15) is 44.7 Å². The number of nitrogens with one attached hydrogen (secondary N) is 1. The molecule has 1 saturated carbocycles. The number of hydrogen-bond donors (Lipinski definition) is 1. The Morgan fingerprint density at radius 3 is 2.58 bits per heavy atom. The molecule has 2 aliphatic carbocycles. The average Bonchev–Trinajstić information content (AvgIpc) is 3.65. The van der Waals surface area contributed by atoms with E-state index >= 15 is 0 Å². The molecule has 0 aromatic heterocycles. The standard InChI is InChI=1S/C27H26FN3OS.H2/c28-18-11-9-17(10-12-18)25-19-7-3-4-8-24(19)33-26-21-15-20(21)22(16-23(26)29-25)27(32)30-31-13-5-1-2-6-14-31;/h3-4,7-12,16,20-21H,1-2,5-6,13-15H2,(H,30,32);1H. The number of thioether (sulfide) groups is 1. The largest absolute Gasteiger partial charge is 0.285 e. The highest BCUT2D eigenvalue weighted by molar-refractivity contribution is 8.03. The summed E-state index contributed by atoms with van der Waals surface area (Å²) in [6, 6.07) is 14.8. The van der Waals surface area contributed by atoms with Crippen LogP contribution in [0.15, 0.2) is 80.7 Å². The van der Waals surface area contributed by atoms with Crippen LogP contribution in [0.3, 0.4) is 0 Å². The fourth-order valence-corrected chi connectivity index (χ4v) is 6.34. The lowest BCUT2D eigenvalue weighted by molar-refractivity contribution is -0.122. The van der Waals surface area contributed by atoms with Crippen molar-refractivity contribution in [1.82, 2.24) is 10.4 Å². The minimum atomic E-state index is -0.263. The molecule has 6 rings (SSSR count). The van der Waals surface area contributed by atoms with Gasteiger partial charge in [0.05, 0.1) is 11.4 Å². The SMILES string of the molecule is O=C(NN1CCCCCC1)C1=CC2=C(Sc3ccccc3C(c3ccc(F)cc3)=N2)C2CC12.[HH]. The van der Waals surface area contributed by atoms with Gasteiger partial charge < -0.3 is 0 Å². The Morgan fingerprint density at radius 2 is 1.79 bits per heavy atom. The molecule has 6 heteroatoms. The Labute approximate surface area is 199 Å². The van der Waals surface area contributed by atoms with Crippen molar-refractivity contribution in [3.05, 3.63) is 87.7 Å². The predicted octanol–water partition coefficient (Wildman–Crippen LogP) is 5.71. The third-order valence-electron chi connectivity index (χ3n) is 6.91. The van der Waals surface area contributed by atoms with Crippen molar-refractivity contribution in [2.24, 2.45) is 16.8 Å². The molecule has 170 valence electrons. The van der Waals surface area contributed by atoms with E-state index in [1.165, 1.54) is 29.9 Å². The molecule has 2 aliphatic heterocycles. The molecule has 1 N–H and O–H groups in total. The number of allylic oxidation sites excluding steroid dienone is 2. The monoisotopic (exact) mass is 461 g/mol. The number of halogens is 1. The van der Waals surface area contributed by atoms with Crippen molar-refractivity contribution in [3.63, 3.8) is 0 Å². The van der Waals surface area contributed by atoms with Crippen LogP contribution >= 0.6 is 11.8 Å². The maximum atomic E-state index is 13.6. The van der Waals surface area contributed by atoms with Crippen molar-refractivity contribution >= 4 is 23.4 Å². The Kier molecular flexibility index (Phi) is 5.43. The Morgan fingerprint density at radius 1 is 1.03 bits per heavy atom. The summed E-state index contributed by atoms with van der Waals surface area (Å²) in [4.78, 5) is 20.7. The zero-order chi connectivity index (χ0) is 22.4. The van der Waals surface area contributed by atoms with Gasteiger partial charge in [-0.2, -0.15) is 0 Å². The van der Waals surface area contributed by atoms with Crippen molar-refractivity contribution in [2.75, 3.05) is 13.1 Å². The van der Waals surface area contributed by atoms with E-state index in [1.807, 2.05) is 18.2 Å². The maximum Gasteiger partial charge on any atom is 0.261 e. The van der Waals surface area contributed by atoms with Crippen LogP contribution in [0.25, 0.3) is 0 Å². The number of aliphatic imine (C=N–C) groups is 1. The first kappa shape index (κ1) is 20.9. The zero-order valence-corrected chi connectivity index (χ0v) is 19.2. The van der Waals surface area contributed by atoms with Gasteiger partial charge in [0.25, 0.3) is 5.91 Å². The minimum absolute atomic E-state index is 0. The Hall–Kier alpha value is -2.70. The fraction of sp³-hybridized carbons (Fsp3) is 0.333. The van der Waals surface area contributed by atoms with Gasteiger partial charge in [0.1, 0.15) is 5.82 Å². The van der Waals surface area contributed by atoms with Gasteiger partial charge in [-0.15, -0.1) is 0 Å². The third kappa shape index (κ3) is 4.06. The summed E-state index contributed by atoms with van der Waals surface area (Å²) in [6.45, 7) is 1.83. The van der Waals surface area contributed by atoms with Crippen molar-refractivity contribution in [3.8, 4) is 0 Å². The van der Waals surface area contributed by atoms with E-state index in [2.05, 4.69) is 22.6 Å². The van der Waals surface area contributed by atoms with Gasteiger partial charge in [-0.1, -0.05) is 42.8 Å². The predicted molar refractivity (Wildman–Crippen MR) is 131 cm³/mol. The normalized spacial score (nSPS) is 24.4. The Balaban J connectivity index is 0.00000241. The summed E-state index contributed by atoms with van der Waals surface area (Å²) < 4.78 is 13.6. The van der Waals surface area contributed by atoms with Crippen LogP contribution in [-0.2, 0) is 4.79 Å². The molecular weight excluding hydrogens is 433 g/mol. The van der Waals surface area contributed by atoms with Crippen LogP contribution in [-0.4, -0.2) is 29.7 Å². The summed E-state index contributed by atoms with van der Waals surface area (Å²) in [5.74, 6) is 0.379. The first-order chi connectivity index (χ1) is 16.2. The number of fused-ring (bicyclic) bond motifs is 3. The van der Waals surface area contributed by atoms with Crippen molar-refractivity contribution < 1.29 is 10.6 Å². The van der Waals surface area contributed by atoms with E-state index in [1.54, 1.807) is 23.9 Å². The molecule has 2 aromatic carbocycles. The lowest BCUT2D eigenvalue weighted by Crippen LogP contribution is -2.43. The number of carbonyl (C=O) groups excluding carboxylic acids is 1. The molecule has 33 heavy (non-hydrogen) atoms. The van der Waals surface area contributed by atoms with E-state index in [9.17, 15) is 9.18 Å². The lowest BCUT2D eigenvalue weighted by atomic mass is 10.00. The van der Waals surface area contributed by atoms with E-state index in [-0.39, 0.29) is 19.1 Å². The molecule has 2 unspecified atom stereocenters. The number of carbonyl (C=O) groups is 1. The number of hydrazine groups is 1. The first-order valence-electron chi connectivity index (χ1n) is 11.8. The molecule has 2 atom stereocenters. The first-order valence-corrected chi connectivity index (χ1v) is 12.6.